The molecule has 1 aromatic rings. The highest BCUT2D eigenvalue weighted by Gasteiger charge is 2.15. The van der Waals surface area contributed by atoms with Crippen LogP contribution in [0.15, 0.2) is 23.1 Å². The van der Waals surface area contributed by atoms with Crippen LogP contribution >= 0.6 is 0 Å². The number of hydrogen-bond acceptors (Lipinski definition) is 4. The molecule has 0 amide bonds. The maximum Gasteiger partial charge on any atom is 0.178 e. The fourth-order valence-electron chi connectivity index (χ4n) is 1.71. The maximum atomic E-state index is 11.7. The first kappa shape index (κ1) is 14.2. The molecule has 0 unspecified atom stereocenters. The molecule has 0 radical (unpaired) electrons. The van der Waals surface area contributed by atoms with Gasteiger partial charge in [-0.05, 0) is 29.7 Å². The number of rotatable bonds is 5. The standard InChI is InChI=1S/C12H19NO3S/c1-3-9-7-10(17(15,16)4-2)5-6-11(9)12(13)8-14/h5-7,12,14H,3-4,8,13H2,1-2H3/t12-/m0/s1. The molecule has 0 heterocycles. The third kappa shape index (κ3) is 3.06. The van der Waals surface area contributed by atoms with Gasteiger partial charge in [0.2, 0.25) is 0 Å². The van der Waals surface area contributed by atoms with Crippen LogP contribution in [-0.2, 0) is 16.3 Å². The normalized spacial score (nSPS) is 13.6. The van der Waals surface area contributed by atoms with Crippen LogP contribution < -0.4 is 5.73 Å². The number of benzene rings is 1. The molecule has 0 saturated carbocycles. The lowest BCUT2D eigenvalue weighted by molar-refractivity contribution is 0.267. The Morgan fingerprint density at radius 2 is 2.00 bits per heavy atom. The van der Waals surface area contributed by atoms with Gasteiger partial charge in [-0.15, -0.1) is 0 Å². The van der Waals surface area contributed by atoms with Gasteiger partial charge in [0.15, 0.2) is 9.84 Å². The van der Waals surface area contributed by atoms with E-state index in [4.69, 9.17) is 10.8 Å². The van der Waals surface area contributed by atoms with E-state index in [-0.39, 0.29) is 12.4 Å². The molecule has 0 bridgehead atoms. The zero-order chi connectivity index (χ0) is 13.1. The second-order valence-electron chi connectivity index (χ2n) is 3.91. The lowest BCUT2D eigenvalue weighted by atomic mass is 10.00. The van der Waals surface area contributed by atoms with E-state index in [9.17, 15) is 8.42 Å². The molecule has 3 N–H and O–H groups in total. The van der Waals surface area contributed by atoms with Gasteiger partial charge in [0.05, 0.1) is 23.3 Å². The van der Waals surface area contributed by atoms with Crippen LogP contribution in [0.2, 0.25) is 0 Å². The largest absolute Gasteiger partial charge is 0.394 e. The first-order chi connectivity index (χ1) is 7.96. The lowest BCUT2D eigenvalue weighted by Gasteiger charge is -2.14. The average molecular weight is 257 g/mol. The van der Waals surface area contributed by atoms with Crippen LogP contribution in [0.4, 0.5) is 0 Å². The highest BCUT2D eigenvalue weighted by molar-refractivity contribution is 7.91. The van der Waals surface area contributed by atoms with Crippen molar-refractivity contribution in [2.75, 3.05) is 12.4 Å². The summed E-state index contributed by atoms with van der Waals surface area (Å²) < 4.78 is 23.5. The molecule has 96 valence electrons. The van der Waals surface area contributed by atoms with Crippen molar-refractivity contribution >= 4 is 9.84 Å². The first-order valence-electron chi connectivity index (χ1n) is 5.68. The molecule has 0 spiro atoms. The van der Waals surface area contributed by atoms with Crippen molar-refractivity contribution in [1.82, 2.24) is 0 Å². The second kappa shape index (κ2) is 5.62. The topological polar surface area (TPSA) is 80.4 Å². The minimum atomic E-state index is -3.18. The summed E-state index contributed by atoms with van der Waals surface area (Å²) in [5.74, 6) is 0.0849. The molecule has 0 aliphatic rings. The highest BCUT2D eigenvalue weighted by atomic mass is 32.2. The number of aliphatic hydroxyl groups is 1. The fraction of sp³-hybridized carbons (Fsp3) is 0.500. The van der Waals surface area contributed by atoms with E-state index in [1.165, 1.54) is 0 Å². The van der Waals surface area contributed by atoms with Crippen molar-refractivity contribution in [2.45, 2.75) is 31.2 Å². The molecule has 0 aromatic heterocycles. The second-order valence-corrected chi connectivity index (χ2v) is 6.18. The van der Waals surface area contributed by atoms with E-state index in [0.717, 1.165) is 11.1 Å². The Morgan fingerprint density at radius 3 is 2.47 bits per heavy atom. The van der Waals surface area contributed by atoms with E-state index in [1.807, 2.05) is 6.92 Å². The molecule has 0 aliphatic heterocycles. The summed E-state index contributed by atoms with van der Waals surface area (Å²) in [6.07, 6.45) is 0.691. The van der Waals surface area contributed by atoms with E-state index < -0.39 is 15.9 Å². The molecule has 0 aliphatic carbocycles. The first-order valence-corrected chi connectivity index (χ1v) is 7.33. The lowest BCUT2D eigenvalue weighted by Crippen LogP contribution is -2.17. The third-order valence-corrected chi connectivity index (χ3v) is 4.56. The van der Waals surface area contributed by atoms with Crippen LogP contribution in [0.5, 0.6) is 0 Å². The third-order valence-electron chi connectivity index (χ3n) is 2.83. The number of aliphatic hydroxyl groups excluding tert-OH is 1. The quantitative estimate of drug-likeness (QED) is 0.825. The molecule has 0 fully saturated rings. The van der Waals surface area contributed by atoms with Crippen LogP contribution in [0.1, 0.15) is 31.0 Å². The van der Waals surface area contributed by atoms with Crippen molar-refractivity contribution in [1.29, 1.82) is 0 Å². The van der Waals surface area contributed by atoms with Crippen molar-refractivity contribution in [2.24, 2.45) is 5.73 Å². The Bertz CT molecular complexity index is 483. The summed E-state index contributed by atoms with van der Waals surface area (Å²) in [5.41, 5.74) is 7.45. The van der Waals surface area contributed by atoms with E-state index in [2.05, 4.69) is 0 Å². The molecule has 1 aromatic carbocycles. The van der Waals surface area contributed by atoms with E-state index in [0.29, 0.717) is 11.3 Å². The Kier molecular flexibility index (Phi) is 4.68. The van der Waals surface area contributed by atoms with Gasteiger partial charge in [0.25, 0.3) is 0 Å². The van der Waals surface area contributed by atoms with Gasteiger partial charge < -0.3 is 10.8 Å². The summed E-state index contributed by atoms with van der Waals surface area (Å²) >= 11 is 0. The van der Waals surface area contributed by atoms with Crippen LogP contribution in [0, 0.1) is 0 Å². The summed E-state index contributed by atoms with van der Waals surface area (Å²) in [6.45, 7) is 3.41. The Balaban J connectivity index is 3.27. The summed E-state index contributed by atoms with van der Waals surface area (Å²) in [7, 11) is -3.18. The summed E-state index contributed by atoms with van der Waals surface area (Å²) in [5, 5.41) is 9.04. The van der Waals surface area contributed by atoms with Crippen LogP contribution in [-0.4, -0.2) is 25.9 Å². The fourth-order valence-corrected chi connectivity index (χ4v) is 2.64. The summed E-state index contributed by atoms with van der Waals surface area (Å²) in [6, 6.07) is 4.46. The van der Waals surface area contributed by atoms with Crippen LogP contribution in [0.3, 0.4) is 0 Å². The summed E-state index contributed by atoms with van der Waals surface area (Å²) in [4.78, 5) is 0.325. The minimum Gasteiger partial charge on any atom is -0.394 e. The van der Waals surface area contributed by atoms with E-state index >= 15 is 0 Å². The van der Waals surface area contributed by atoms with Gasteiger partial charge in [-0.3, -0.25) is 0 Å². The predicted molar refractivity (Wildman–Crippen MR) is 67.6 cm³/mol. The molecule has 1 atom stereocenters. The van der Waals surface area contributed by atoms with Gasteiger partial charge in [0.1, 0.15) is 0 Å². The molecular formula is C12H19NO3S. The number of sulfone groups is 1. The molecule has 5 heteroatoms. The molecular weight excluding hydrogens is 238 g/mol. The maximum absolute atomic E-state index is 11.7. The van der Waals surface area contributed by atoms with E-state index in [1.54, 1.807) is 25.1 Å². The Labute approximate surface area is 102 Å². The monoisotopic (exact) mass is 257 g/mol. The SMILES string of the molecule is CCc1cc(S(=O)(=O)CC)ccc1[C@@H](N)CO. The van der Waals surface area contributed by atoms with Crippen LogP contribution in [0.25, 0.3) is 0 Å². The highest BCUT2D eigenvalue weighted by Crippen LogP contribution is 2.21. The Morgan fingerprint density at radius 1 is 1.35 bits per heavy atom. The smallest absolute Gasteiger partial charge is 0.178 e. The number of nitrogens with two attached hydrogens (primary N) is 1. The van der Waals surface area contributed by atoms with Gasteiger partial charge in [-0.25, -0.2) is 8.42 Å². The average Bonchev–Trinajstić information content (AvgIpc) is 2.36. The zero-order valence-corrected chi connectivity index (χ0v) is 11.0. The van der Waals surface area contributed by atoms with Crippen molar-refractivity contribution in [3.63, 3.8) is 0 Å². The van der Waals surface area contributed by atoms with Gasteiger partial charge in [-0.2, -0.15) is 0 Å². The molecule has 0 saturated heterocycles. The molecule has 1 rings (SSSR count). The molecule has 4 nitrogen and oxygen atoms in total. The number of aryl methyl sites for hydroxylation is 1. The van der Waals surface area contributed by atoms with Gasteiger partial charge in [0, 0.05) is 0 Å². The predicted octanol–water partition coefficient (Wildman–Crippen LogP) is 1.03. The van der Waals surface area contributed by atoms with Crippen molar-refractivity contribution < 1.29 is 13.5 Å². The van der Waals surface area contributed by atoms with Gasteiger partial charge >= 0.3 is 0 Å². The zero-order valence-electron chi connectivity index (χ0n) is 10.2. The molecule has 17 heavy (non-hydrogen) atoms. The number of hydrogen-bond donors (Lipinski definition) is 2. The Hall–Kier alpha value is -0.910. The van der Waals surface area contributed by atoms with Crippen molar-refractivity contribution in [3.8, 4) is 0 Å². The van der Waals surface area contributed by atoms with Gasteiger partial charge in [-0.1, -0.05) is 19.9 Å². The minimum absolute atomic E-state index is 0.0849. The van der Waals surface area contributed by atoms with Crippen molar-refractivity contribution in [3.05, 3.63) is 29.3 Å².